The minimum atomic E-state index is -0.432. The first kappa shape index (κ1) is 24.1. The van der Waals surface area contributed by atoms with Crippen LogP contribution in [0.2, 0.25) is 0 Å². The molecule has 0 saturated carbocycles. The molecule has 1 amide bonds. The van der Waals surface area contributed by atoms with Crippen LogP contribution >= 0.6 is 0 Å². The minimum Gasteiger partial charge on any atom is -0.465 e. The van der Waals surface area contributed by atoms with Gasteiger partial charge in [0.2, 0.25) is 0 Å². The van der Waals surface area contributed by atoms with Gasteiger partial charge >= 0.3 is 5.97 Å². The van der Waals surface area contributed by atoms with Crippen LogP contribution in [0.5, 0.6) is 0 Å². The van der Waals surface area contributed by atoms with Crippen molar-refractivity contribution in [1.82, 2.24) is 0 Å². The highest BCUT2D eigenvalue weighted by atomic mass is 16.5. The molecule has 0 heterocycles. The van der Waals surface area contributed by atoms with E-state index in [0.29, 0.717) is 28.7 Å². The van der Waals surface area contributed by atoms with Gasteiger partial charge in [0.1, 0.15) is 0 Å². The van der Waals surface area contributed by atoms with Crippen LogP contribution in [0.1, 0.15) is 71.4 Å². The number of benzene rings is 3. The van der Waals surface area contributed by atoms with Crippen LogP contribution in [-0.2, 0) is 4.74 Å². The lowest BCUT2D eigenvalue weighted by Crippen LogP contribution is -2.17. The van der Waals surface area contributed by atoms with Crippen molar-refractivity contribution in [1.29, 1.82) is 0 Å². The first-order valence-corrected chi connectivity index (χ1v) is 11.2. The summed E-state index contributed by atoms with van der Waals surface area (Å²) in [6.07, 6.45) is 0. The van der Waals surface area contributed by atoms with E-state index in [1.54, 1.807) is 24.3 Å². The van der Waals surface area contributed by atoms with Gasteiger partial charge in [0.15, 0.2) is 0 Å². The summed E-state index contributed by atoms with van der Waals surface area (Å²) in [5.41, 5.74) is 6.22. The number of nitrogens with zero attached hydrogens (tertiary/aromatic N) is 1. The summed E-state index contributed by atoms with van der Waals surface area (Å²) in [6, 6.07) is 20.7. The largest absolute Gasteiger partial charge is 0.465 e. The number of anilines is 3. The van der Waals surface area contributed by atoms with Gasteiger partial charge in [-0.3, -0.25) is 4.79 Å². The average molecular weight is 445 g/mol. The van der Waals surface area contributed by atoms with Gasteiger partial charge in [-0.25, -0.2) is 4.79 Å². The Labute approximate surface area is 196 Å². The highest BCUT2D eigenvalue weighted by molar-refractivity contribution is 6.06. The second-order valence-electron chi connectivity index (χ2n) is 8.72. The van der Waals surface area contributed by atoms with Crippen LogP contribution in [0.25, 0.3) is 0 Å². The topological polar surface area (TPSA) is 58.6 Å². The third kappa shape index (κ3) is 5.43. The van der Waals surface area contributed by atoms with E-state index >= 15 is 0 Å². The maximum Gasteiger partial charge on any atom is 0.337 e. The maximum absolute atomic E-state index is 12.9. The molecule has 3 rings (SSSR count). The fourth-order valence-electron chi connectivity index (χ4n) is 3.88. The molecular weight excluding hydrogens is 412 g/mol. The van der Waals surface area contributed by atoms with E-state index in [1.165, 1.54) is 18.2 Å². The molecule has 0 saturated heterocycles. The summed E-state index contributed by atoms with van der Waals surface area (Å²) in [6.45, 7) is 8.86. The Kier molecular flexibility index (Phi) is 7.54. The Morgan fingerprint density at radius 2 is 1.42 bits per heavy atom. The third-order valence-corrected chi connectivity index (χ3v) is 5.78. The highest BCUT2D eigenvalue weighted by Gasteiger charge is 2.16. The Bertz CT molecular complexity index is 1130. The lowest BCUT2D eigenvalue weighted by molar-refractivity contribution is 0.0600. The first-order valence-electron chi connectivity index (χ1n) is 11.2. The van der Waals surface area contributed by atoms with Crippen LogP contribution in [0.15, 0.2) is 66.7 Å². The number of esters is 1. The number of hydrogen-bond acceptors (Lipinski definition) is 4. The van der Waals surface area contributed by atoms with Crippen molar-refractivity contribution < 1.29 is 14.3 Å². The highest BCUT2D eigenvalue weighted by Crippen LogP contribution is 2.35. The maximum atomic E-state index is 12.9. The van der Waals surface area contributed by atoms with Gasteiger partial charge < -0.3 is 15.0 Å². The fraction of sp³-hybridized carbons (Fsp3) is 0.286. The summed E-state index contributed by atoms with van der Waals surface area (Å²) in [5, 5.41) is 3.01. The van der Waals surface area contributed by atoms with Crippen LogP contribution in [0.3, 0.4) is 0 Å². The van der Waals surface area contributed by atoms with Crippen molar-refractivity contribution in [3.05, 3.63) is 89.0 Å². The van der Waals surface area contributed by atoms with Gasteiger partial charge in [0.05, 0.1) is 24.0 Å². The van der Waals surface area contributed by atoms with E-state index in [0.717, 1.165) is 11.4 Å². The van der Waals surface area contributed by atoms with E-state index in [9.17, 15) is 9.59 Å². The van der Waals surface area contributed by atoms with Crippen LogP contribution in [-0.4, -0.2) is 26.0 Å². The molecule has 0 aliphatic heterocycles. The van der Waals surface area contributed by atoms with Crippen LogP contribution in [0, 0.1) is 0 Å². The molecule has 0 spiro atoms. The second-order valence-corrected chi connectivity index (χ2v) is 8.72. The molecule has 3 aromatic rings. The zero-order valence-electron chi connectivity index (χ0n) is 20.2. The Hall–Kier alpha value is -3.60. The van der Waals surface area contributed by atoms with Crippen molar-refractivity contribution in [2.75, 3.05) is 24.4 Å². The van der Waals surface area contributed by atoms with Crippen molar-refractivity contribution in [3.63, 3.8) is 0 Å². The number of nitrogens with one attached hydrogen (secondary N) is 1. The zero-order valence-corrected chi connectivity index (χ0v) is 20.2. The zero-order chi connectivity index (χ0) is 24.1. The van der Waals surface area contributed by atoms with E-state index in [-0.39, 0.29) is 5.91 Å². The number of carbonyl (C=O) groups excluding carboxylic acids is 2. The normalized spacial score (nSPS) is 10.9. The summed E-state index contributed by atoms with van der Waals surface area (Å²) in [4.78, 5) is 26.6. The molecule has 1 N–H and O–H groups in total. The Balaban J connectivity index is 1.88. The van der Waals surface area contributed by atoms with E-state index in [4.69, 9.17) is 4.74 Å². The molecule has 0 aliphatic rings. The first-order chi connectivity index (χ1) is 15.7. The number of methoxy groups -OCH3 is 1. The van der Waals surface area contributed by atoms with Crippen LogP contribution in [0.4, 0.5) is 17.1 Å². The van der Waals surface area contributed by atoms with Gasteiger partial charge in [-0.05, 0) is 71.5 Å². The fourth-order valence-corrected chi connectivity index (χ4v) is 3.88. The summed E-state index contributed by atoms with van der Waals surface area (Å²) < 4.78 is 4.71. The second kappa shape index (κ2) is 10.3. The number of para-hydroxylation sites is 2. The molecule has 172 valence electrons. The lowest BCUT2D eigenvalue weighted by Gasteiger charge is -2.25. The monoisotopic (exact) mass is 444 g/mol. The Morgan fingerprint density at radius 1 is 0.818 bits per heavy atom. The number of rotatable bonds is 7. The summed E-state index contributed by atoms with van der Waals surface area (Å²) >= 11 is 0. The van der Waals surface area contributed by atoms with Gasteiger partial charge in [-0.15, -0.1) is 0 Å². The molecule has 0 unspecified atom stereocenters. The van der Waals surface area contributed by atoms with Crippen LogP contribution < -0.4 is 10.2 Å². The SMILES string of the molecule is COC(=O)c1ccc(C(=O)Nc2ccccc2N(C)c2ccc(C(C)C)c(C(C)C)c2)cc1. The molecule has 0 fully saturated rings. The van der Waals surface area contributed by atoms with Gasteiger partial charge in [0.25, 0.3) is 5.91 Å². The number of amides is 1. The third-order valence-electron chi connectivity index (χ3n) is 5.78. The number of carbonyl (C=O) groups is 2. The molecule has 0 bridgehead atoms. The summed E-state index contributed by atoms with van der Waals surface area (Å²) in [5.74, 6) is 0.195. The standard InChI is InChI=1S/C28H32N2O3/c1-18(2)23-16-15-22(17-24(23)19(3)4)30(5)26-10-8-7-9-25(26)29-27(31)20-11-13-21(14-12-20)28(32)33-6/h7-19H,1-6H3,(H,29,31). The van der Waals surface area contributed by atoms with E-state index in [2.05, 4.69) is 56.1 Å². The molecule has 5 heteroatoms. The predicted molar refractivity (Wildman–Crippen MR) is 135 cm³/mol. The quantitative estimate of drug-likeness (QED) is 0.410. The Morgan fingerprint density at radius 3 is 2.03 bits per heavy atom. The van der Waals surface area contributed by atoms with E-state index in [1.807, 2.05) is 31.3 Å². The van der Waals surface area contributed by atoms with E-state index < -0.39 is 5.97 Å². The molecule has 5 nitrogen and oxygen atoms in total. The van der Waals surface area contributed by atoms with Crippen molar-refractivity contribution in [2.45, 2.75) is 39.5 Å². The molecule has 0 atom stereocenters. The van der Waals surface area contributed by atoms with Crippen molar-refractivity contribution in [2.24, 2.45) is 0 Å². The molecule has 0 aliphatic carbocycles. The smallest absolute Gasteiger partial charge is 0.337 e. The predicted octanol–water partition coefficient (Wildman–Crippen LogP) is 6.74. The van der Waals surface area contributed by atoms with Gasteiger partial charge in [0, 0.05) is 18.3 Å². The molecule has 3 aromatic carbocycles. The van der Waals surface area contributed by atoms with Crippen molar-refractivity contribution >= 4 is 28.9 Å². The molecule has 0 radical (unpaired) electrons. The molecular formula is C28H32N2O3. The minimum absolute atomic E-state index is 0.245. The van der Waals surface area contributed by atoms with Gasteiger partial charge in [-0.1, -0.05) is 45.9 Å². The molecule has 0 aromatic heterocycles. The lowest BCUT2D eigenvalue weighted by atomic mass is 9.90. The van der Waals surface area contributed by atoms with Crippen molar-refractivity contribution in [3.8, 4) is 0 Å². The molecule has 33 heavy (non-hydrogen) atoms. The summed E-state index contributed by atoms with van der Waals surface area (Å²) in [7, 11) is 3.33. The number of hydrogen-bond donors (Lipinski definition) is 1. The number of ether oxygens (including phenoxy) is 1. The van der Waals surface area contributed by atoms with Gasteiger partial charge in [-0.2, -0.15) is 0 Å². The average Bonchev–Trinajstić information content (AvgIpc) is 2.83.